The number of fused-ring (bicyclic) bond motifs is 1. The van der Waals surface area contributed by atoms with Gasteiger partial charge in [-0.3, -0.25) is 33.8 Å². The minimum absolute atomic E-state index is 0.0352. The van der Waals surface area contributed by atoms with E-state index in [1.54, 1.807) is 51.2 Å². The molecular formula is C37H52N10O6. The maximum atomic E-state index is 14.1. The van der Waals surface area contributed by atoms with Gasteiger partial charge < -0.3 is 48.8 Å². The zero-order chi connectivity index (χ0) is 39.1. The second kappa shape index (κ2) is 19.6. The molecule has 0 aliphatic heterocycles. The van der Waals surface area contributed by atoms with Gasteiger partial charge in [-0.25, -0.2) is 0 Å². The highest BCUT2D eigenvalue weighted by molar-refractivity contribution is 5.97. The largest absolute Gasteiger partial charge is 0.370 e. The standard InChI is InChI=1S/C37H52N10O6/c1-5-30(48)47-37(4,6-2)35(53)46-28(19-23-13-8-7-9-14-23)34(52)44-27(17-12-18-41-36(39)40)32(50)45-29(33(51)43-22(3)31(38)49)20-24-21-42-26-16-11-10-15-25(24)26/h7-11,13-16,21-22,27-29,42H,5-6,12,17-20H2,1-4H3,(H2,38,49)(H,43,51)(H,44,52)(H,45,50)(H,46,53)(H,47,48)(H4,39,40,41)/t22?,27?,28?,29-,37+/m0/s1. The molecular weight excluding hydrogens is 680 g/mol. The van der Waals surface area contributed by atoms with E-state index in [4.69, 9.17) is 17.2 Å². The number of para-hydroxylation sites is 1. The first-order valence-electron chi connectivity index (χ1n) is 17.6. The number of carbonyl (C=O) groups is 6. The van der Waals surface area contributed by atoms with Crippen LogP contribution in [0.4, 0.5) is 0 Å². The van der Waals surface area contributed by atoms with Crippen molar-refractivity contribution >= 4 is 52.3 Å². The number of hydrogen-bond donors (Lipinski definition) is 9. The van der Waals surface area contributed by atoms with E-state index in [-0.39, 0.29) is 56.9 Å². The molecule has 53 heavy (non-hydrogen) atoms. The summed E-state index contributed by atoms with van der Waals surface area (Å²) in [7, 11) is 0. The van der Waals surface area contributed by atoms with Crippen LogP contribution < -0.4 is 43.8 Å². The summed E-state index contributed by atoms with van der Waals surface area (Å²) in [6.45, 7) is 6.56. The molecule has 3 unspecified atom stereocenters. The zero-order valence-corrected chi connectivity index (χ0v) is 30.7. The first kappa shape index (κ1) is 41.5. The van der Waals surface area contributed by atoms with Crippen molar-refractivity contribution in [1.82, 2.24) is 31.6 Å². The Bertz CT molecular complexity index is 1770. The van der Waals surface area contributed by atoms with Gasteiger partial charge in [0, 0.05) is 42.9 Å². The Kier molecular flexibility index (Phi) is 15.4. The first-order chi connectivity index (χ1) is 25.2. The second-order valence-corrected chi connectivity index (χ2v) is 13.1. The number of aromatic nitrogens is 1. The van der Waals surface area contributed by atoms with Crippen molar-refractivity contribution in [2.24, 2.45) is 22.2 Å². The Hall–Kier alpha value is -5.93. The van der Waals surface area contributed by atoms with Gasteiger partial charge in [-0.15, -0.1) is 0 Å². The number of amides is 6. The summed E-state index contributed by atoms with van der Waals surface area (Å²) in [5.74, 6) is -3.86. The maximum Gasteiger partial charge on any atom is 0.246 e. The number of nitrogens with one attached hydrogen (secondary N) is 6. The highest BCUT2D eigenvalue weighted by atomic mass is 16.2. The smallest absolute Gasteiger partial charge is 0.246 e. The number of aromatic amines is 1. The van der Waals surface area contributed by atoms with Gasteiger partial charge in [0.25, 0.3) is 0 Å². The van der Waals surface area contributed by atoms with Crippen molar-refractivity contribution in [3.63, 3.8) is 0 Å². The molecule has 6 amide bonds. The van der Waals surface area contributed by atoms with Gasteiger partial charge >= 0.3 is 0 Å². The normalized spacial score (nSPS) is 14.3. The summed E-state index contributed by atoms with van der Waals surface area (Å²) in [6.07, 6.45) is 2.56. The molecule has 0 spiro atoms. The number of rotatable bonds is 20. The van der Waals surface area contributed by atoms with Crippen molar-refractivity contribution in [3.05, 3.63) is 71.9 Å². The van der Waals surface area contributed by atoms with E-state index in [1.807, 2.05) is 30.3 Å². The van der Waals surface area contributed by atoms with Crippen LogP contribution in [0, 0.1) is 0 Å². The van der Waals surface area contributed by atoms with E-state index in [9.17, 15) is 28.8 Å². The molecule has 16 heteroatoms. The number of aliphatic imine (C=N–C) groups is 1. The summed E-state index contributed by atoms with van der Waals surface area (Å²) >= 11 is 0. The minimum Gasteiger partial charge on any atom is -0.370 e. The number of H-pyrrole nitrogens is 1. The van der Waals surface area contributed by atoms with E-state index < -0.39 is 59.2 Å². The van der Waals surface area contributed by atoms with E-state index in [2.05, 4.69) is 36.6 Å². The maximum absolute atomic E-state index is 14.1. The Morgan fingerprint density at radius 1 is 0.792 bits per heavy atom. The minimum atomic E-state index is -1.32. The van der Waals surface area contributed by atoms with Crippen molar-refractivity contribution in [2.75, 3.05) is 6.54 Å². The fourth-order valence-corrected chi connectivity index (χ4v) is 5.51. The topological polar surface area (TPSA) is 269 Å². The molecule has 12 N–H and O–H groups in total. The summed E-state index contributed by atoms with van der Waals surface area (Å²) < 4.78 is 0. The molecule has 2 aromatic carbocycles. The zero-order valence-electron chi connectivity index (χ0n) is 30.7. The van der Waals surface area contributed by atoms with Crippen molar-refractivity contribution in [2.45, 2.75) is 95.9 Å². The van der Waals surface area contributed by atoms with Gasteiger partial charge in [0.1, 0.15) is 29.7 Å². The highest BCUT2D eigenvalue weighted by Gasteiger charge is 2.36. The first-order valence-corrected chi connectivity index (χ1v) is 17.6. The molecule has 0 aliphatic carbocycles. The van der Waals surface area contributed by atoms with E-state index >= 15 is 0 Å². The lowest BCUT2D eigenvalue weighted by atomic mass is 9.95. The average molecular weight is 733 g/mol. The number of hydrogen-bond acceptors (Lipinski definition) is 7. The van der Waals surface area contributed by atoms with E-state index in [0.29, 0.717) is 0 Å². The van der Waals surface area contributed by atoms with Gasteiger partial charge in [-0.1, -0.05) is 62.4 Å². The monoisotopic (exact) mass is 732 g/mol. The van der Waals surface area contributed by atoms with Crippen molar-refractivity contribution in [1.29, 1.82) is 0 Å². The Morgan fingerprint density at radius 3 is 2.04 bits per heavy atom. The third-order valence-corrected chi connectivity index (χ3v) is 8.94. The number of benzene rings is 2. The molecule has 286 valence electrons. The van der Waals surface area contributed by atoms with Crippen LogP contribution in [-0.4, -0.2) is 82.6 Å². The van der Waals surface area contributed by atoms with Gasteiger partial charge in [-0.05, 0) is 50.3 Å². The molecule has 16 nitrogen and oxygen atoms in total. The third-order valence-electron chi connectivity index (χ3n) is 8.94. The molecule has 0 bridgehead atoms. The number of nitrogens with zero attached hydrogens (tertiary/aromatic N) is 1. The average Bonchev–Trinajstić information content (AvgIpc) is 3.54. The van der Waals surface area contributed by atoms with Crippen LogP contribution in [0.3, 0.4) is 0 Å². The third kappa shape index (κ3) is 12.4. The molecule has 1 heterocycles. The quantitative estimate of drug-likeness (QED) is 0.0437. The molecule has 3 aromatic rings. The van der Waals surface area contributed by atoms with Crippen molar-refractivity contribution in [3.8, 4) is 0 Å². The van der Waals surface area contributed by atoms with Gasteiger partial charge in [-0.2, -0.15) is 0 Å². The van der Waals surface area contributed by atoms with Crippen LogP contribution in [-0.2, 0) is 41.6 Å². The molecule has 1 aromatic heterocycles. The molecule has 5 atom stereocenters. The van der Waals surface area contributed by atoms with Crippen LogP contribution in [0.15, 0.2) is 65.8 Å². The SMILES string of the molecule is CCC(=O)N[C@](C)(CC)C(=O)NC(Cc1ccccc1)C(=O)NC(CCCN=C(N)N)C(=O)N[C@@H](Cc1c[nH]c2ccccc12)C(=O)NC(C)C(N)=O. The number of primary amides is 1. The second-order valence-electron chi connectivity index (χ2n) is 13.1. The van der Waals surface area contributed by atoms with Gasteiger partial charge in [0.2, 0.25) is 35.4 Å². The molecule has 0 saturated heterocycles. The molecule has 3 rings (SSSR count). The van der Waals surface area contributed by atoms with Gasteiger partial charge in [0.05, 0.1) is 0 Å². The fourth-order valence-electron chi connectivity index (χ4n) is 5.51. The molecule has 0 saturated carbocycles. The van der Waals surface area contributed by atoms with E-state index in [0.717, 1.165) is 22.0 Å². The molecule has 0 radical (unpaired) electrons. The lowest BCUT2D eigenvalue weighted by Crippen LogP contribution is -2.62. The highest BCUT2D eigenvalue weighted by Crippen LogP contribution is 2.20. The Labute approximate surface area is 308 Å². The van der Waals surface area contributed by atoms with Crippen LogP contribution in [0.1, 0.15) is 64.5 Å². The lowest BCUT2D eigenvalue weighted by molar-refractivity contribution is -0.136. The van der Waals surface area contributed by atoms with Crippen molar-refractivity contribution < 1.29 is 28.8 Å². The summed E-state index contributed by atoms with van der Waals surface area (Å²) in [4.78, 5) is 86.5. The number of carbonyl (C=O) groups excluding carboxylic acids is 6. The number of nitrogens with two attached hydrogens (primary N) is 3. The lowest BCUT2D eigenvalue weighted by Gasteiger charge is -2.31. The Morgan fingerprint density at radius 2 is 1.40 bits per heavy atom. The van der Waals surface area contributed by atoms with Crippen LogP contribution in [0.25, 0.3) is 10.9 Å². The molecule has 0 aliphatic rings. The Balaban J connectivity index is 1.94. The van der Waals surface area contributed by atoms with E-state index in [1.165, 1.54) is 6.92 Å². The fraction of sp³-hybridized carbons (Fsp3) is 0.432. The summed E-state index contributed by atoms with van der Waals surface area (Å²) in [6, 6.07) is 11.8. The van der Waals surface area contributed by atoms with Crippen LogP contribution in [0.2, 0.25) is 0 Å². The predicted molar refractivity (Wildman–Crippen MR) is 202 cm³/mol. The van der Waals surface area contributed by atoms with Crippen LogP contribution >= 0.6 is 0 Å². The summed E-state index contributed by atoms with van der Waals surface area (Å²) in [5, 5.41) is 14.4. The summed E-state index contributed by atoms with van der Waals surface area (Å²) in [5.41, 5.74) is 17.3. The predicted octanol–water partition coefficient (Wildman–Crippen LogP) is 0.146. The van der Waals surface area contributed by atoms with Crippen LogP contribution in [0.5, 0.6) is 0 Å². The van der Waals surface area contributed by atoms with Gasteiger partial charge in [0.15, 0.2) is 5.96 Å². The number of guanidine groups is 1. The molecule has 0 fully saturated rings.